The Kier molecular flexibility index (Phi) is 8.72. The van der Waals surface area contributed by atoms with E-state index in [2.05, 4.69) is 20.3 Å². The van der Waals surface area contributed by atoms with Crippen molar-refractivity contribution in [2.45, 2.75) is 43.4 Å². The highest BCUT2D eigenvalue weighted by molar-refractivity contribution is 7.90. The number of hydrogen-bond donors (Lipinski definition) is 3. The standard InChI is InChI=1S/C19H28N4O3S.ClH/c24-18(22-14-15-7-6-11-20-13-15)10-2-1-5-12-21-19-16-8-3-4-9-17(16)27(25,26)23-19;/h3-4,8-9,15,20H,1-2,5-7,10-14H2,(H,21,23)(H,22,24);1H. The molecule has 1 aromatic carbocycles. The van der Waals surface area contributed by atoms with E-state index < -0.39 is 10.0 Å². The molecule has 0 aliphatic carbocycles. The fourth-order valence-electron chi connectivity index (χ4n) is 3.46. The summed E-state index contributed by atoms with van der Waals surface area (Å²) in [5.41, 5.74) is 0.633. The van der Waals surface area contributed by atoms with Crippen LogP contribution >= 0.6 is 12.4 Å². The number of unbranched alkanes of at least 4 members (excludes halogenated alkanes) is 2. The van der Waals surface area contributed by atoms with Gasteiger partial charge in [-0.25, -0.2) is 8.42 Å². The first-order valence-corrected chi connectivity index (χ1v) is 11.2. The lowest BCUT2D eigenvalue weighted by Gasteiger charge is -2.22. The number of carbonyl (C=O) groups excluding carboxylic acids is 1. The third-order valence-electron chi connectivity index (χ3n) is 4.98. The van der Waals surface area contributed by atoms with Gasteiger partial charge in [0.15, 0.2) is 0 Å². The van der Waals surface area contributed by atoms with Crippen LogP contribution in [-0.4, -0.2) is 46.3 Å². The zero-order chi connectivity index (χ0) is 19.1. The van der Waals surface area contributed by atoms with Crippen molar-refractivity contribution >= 4 is 34.2 Å². The number of amidine groups is 1. The predicted octanol–water partition coefficient (Wildman–Crippen LogP) is 1.82. The molecule has 156 valence electrons. The minimum Gasteiger partial charge on any atom is -0.356 e. The van der Waals surface area contributed by atoms with Crippen LogP contribution in [0.1, 0.15) is 44.1 Å². The number of amides is 1. The van der Waals surface area contributed by atoms with Crippen molar-refractivity contribution < 1.29 is 13.2 Å². The molecule has 1 fully saturated rings. The number of nitrogens with one attached hydrogen (secondary N) is 3. The van der Waals surface area contributed by atoms with Crippen LogP contribution in [0.2, 0.25) is 0 Å². The first kappa shape index (κ1) is 22.6. The first-order valence-electron chi connectivity index (χ1n) is 9.70. The Morgan fingerprint density at radius 2 is 2.04 bits per heavy atom. The van der Waals surface area contributed by atoms with E-state index in [0.717, 1.165) is 38.9 Å². The highest BCUT2D eigenvalue weighted by atomic mass is 35.5. The summed E-state index contributed by atoms with van der Waals surface area (Å²) in [7, 11) is -3.47. The highest BCUT2D eigenvalue weighted by Crippen LogP contribution is 2.22. The molecule has 1 aromatic rings. The third-order valence-corrected chi connectivity index (χ3v) is 6.38. The molecule has 2 heterocycles. The normalized spacial score (nSPS) is 21.4. The van der Waals surface area contributed by atoms with Crippen molar-refractivity contribution in [1.82, 2.24) is 15.4 Å². The number of aliphatic imine (C=N–C) groups is 1. The molecule has 1 saturated heterocycles. The fraction of sp³-hybridized carbons (Fsp3) is 0.579. The van der Waals surface area contributed by atoms with Crippen molar-refractivity contribution in [2.75, 3.05) is 26.2 Å². The average molecular weight is 429 g/mol. The largest absolute Gasteiger partial charge is 0.356 e. The molecule has 7 nitrogen and oxygen atoms in total. The third kappa shape index (κ3) is 6.18. The Morgan fingerprint density at radius 3 is 2.82 bits per heavy atom. The Morgan fingerprint density at radius 1 is 1.21 bits per heavy atom. The second-order valence-electron chi connectivity index (χ2n) is 7.16. The number of fused-ring (bicyclic) bond motifs is 1. The number of halogens is 1. The lowest BCUT2D eigenvalue weighted by Crippen LogP contribution is -2.38. The molecule has 0 aromatic heterocycles. The maximum absolute atomic E-state index is 12.0. The molecule has 0 bridgehead atoms. The summed E-state index contributed by atoms with van der Waals surface area (Å²) < 4.78 is 26.5. The molecule has 1 atom stereocenters. The van der Waals surface area contributed by atoms with Gasteiger partial charge in [-0.2, -0.15) is 0 Å². The monoisotopic (exact) mass is 428 g/mol. The zero-order valence-electron chi connectivity index (χ0n) is 15.9. The van der Waals surface area contributed by atoms with Gasteiger partial charge in [0, 0.05) is 25.1 Å². The minimum atomic E-state index is -3.47. The van der Waals surface area contributed by atoms with Gasteiger partial charge in [-0.15, -0.1) is 12.4 Å². The molecule has 0 saturated carbocycles. The molecule has 9 heteroatoms. The molecular formula is C19H29ClN4O3S. The van der Waals surface area contributed by atoms with Crippen molar-refractivity contribution in [3.63, 3.8) is 0 Å². The second kappa shape index (κ2) is 10.8. The molecule has 1 amide bonds. The first-order chi connectivity index (χ1) is 13.1. The summed E-state index contributed by atoms with van der Waals surface area (Å²) in [4.78, 5) is 16.6. The predicted molar refractivity (Wildman–Crippen MR) is 112 cm³/mol. The Balaban J connectivity index is 0.00000280. The molecule has 1 unspecified atom stereocenters. The van der Waals surface area contributed by atoms with Crippen molar-refractivity contribution in [2.24, 2.45) is 10.9 Å². The Bertz CT molecular complexity index is 792. The van der Waals surface area contributed by atoms with Gasteiger partial charge in [-0.3, -0.25) is 14.5 Å². The summed E-state index contributed by atoms with van der Waals surface area (Å²) >= 11 is 0. The lowest BCUT2D eigenvalue weighted by atomic mass is 10.00. The van der Waals surface area contributed by atoms with Gasteiger partial charge in [0.05, 0.1) is 4.90 Å². The minimum absolute atomic E-state index is 0. The molecule has 0 radical (unpaired) electrons. The average Bonchev–Trinajstić information content (AvgIpc) is 2.94. The number of benzene rings is 1. The van der Waals surface area contributed by atoms with Crippen LogP contribution in [-0.2, 0) is 14.8 Å². The molecular weight excluding hydrogens is 400 g/mol. The van der Waals surface area contributed by atoms with Gasteiger partial charge in [-0.1, -0.05) is 18.6 Å². The smallest absolute Gasteiger partial charge is 0.263 e. The Hall–Kier alpha value is -1.64. The van der Waals surface area contributed by atoms with Gasteiger partial charge < -0.3 is 10.6 Å². The van der Waals surface area contributed by atoms with Crippen molar-refractivity contribution in [1.29, 1.82) is 0 Å². The number of hydrogen-bond acceptors (Lipinski definition) is 5. The summed E-state index contributed by atoms with van der Waals surface area (Å²) in [6, 6.07) is 6.86. The molecule has 0 spiro atoms. The van der Waals surface area contributed by atoms with Crippen molar-refractivity contribution in [3.05, 3.63) is 29.8 Å². The zero-order valence-corrected chi connectivity index (χ0v) is 17.6. The number of nitrogens with zero attached hydrogens (tertiary/aromatic N) is 1. The summed E-state index contributed by atoms with van der Waals surface area (Å²) in [6.45, 7) is 3.38. The van der Waals surface area contributed by atoms with E-state index in [1.165, 1.54) is 12.8 Å². The number of sulfonamides is 1. The second-order valence-corrected chi connectivity index (χ2v) is 8.81. The number of rotatable bonds is 8. The van der Waals surface area contributed by atoms with E-state index in [-0.39, 0.29) is 23.2 Å². The van der Waals surface area contributed by atoms with Gasteiger partial charge in [-0.05, 0) is 56.8 Å². The molecule has 28 heavy (non-hydrogen) atoms. The fourth-order valence-corrected chi connectivity index (χ4v) is 4.71. The molecule has 3 N–H and O–H groups in total. The van der Waals surface area contributed by atoms with E-state index in [1.54, 1.807) is 24.3 Å². The van der Waals surface area contributed by atoms with Gasteiger partial charge in [0.1, 0.15) is 5.84 Å². The van der Waals surface area contributed by atoms with E-state index in [0.29, 0.717) is 30.3 Å². The van der Waals surface area contributed by atoms with E-state index in [9.17, 15) is 13.2 Å². The number of carbonyl (C=O) groups is 1. The van der Waals surface area contributed by atoms with Crippen LogP contribution in [0, 0.1) is 5.92 Å². The van der Waals surface area contributed by atoms with Crippen LogP contribution in [0.5, 0.6) is 0 Å². The lowest BCUT2D eigenvalue weighted by molar-refractivity contribution is -0.121. The molecule has 2 aliphatic heterocycles. The van der Waals surface area contributed by atoms with Crippen LogP contribution in [0.3, 0.4) is 0 Å². The Labute approximate surface area is 173 Å². The SMILES string of the molecule is Cl.O=C(CCCCCN=C1NS(=O)(=O)c2ccccc21)NCC1CCCNC1. The van der Waals surface area contributed by atoms with Gasteiger partial charge in [0.25, 0.3) is 10.0 Å². The summed E-state index contributed by atoms with van der Waals surface area (Å²) in [5, 5.41) is 6.38. The quantitative estimate of drug-likeness (QED) is 0.550. The summed E-state index contributed by atoms with van der Waals surface area (Å²) in [5.74, 6) is 1.09. The molecule has 3 rings (SSSR count). The van der Waals surface area contributed by atoms with Crippen molar-refractivity contribution in [3.8, 4) is 0 Å². The van der Waals surface area contributed by atoms with Crippen LogP contribution < -0.4 is 15.4 Å². The van der Waals surface area contributed by atoms with Crippen LogP contribution in [0.15, 0.2) is 34.2 Å². The van der Waals surface area contributed by atoms with Gasteiger partial charge in [0.2, 0.25) is 5.91 Å². The van der Waals surface area contributed by atoms with Crippen LogP contribution in [0.25, 0.3) is 0 Å². The summed E-state index contributed by atoms with van der Waals surface area (Å²) in [6.07, 6.45) is 5.44. The van der Waals surface area contributed by atoms with E-state index >= 15 is 0 Å². The molecule has 2 aliphatic rings. The van der Waals surface area contributed by atoms with Crippen LogP contribution in [0.4, 0.5) is 0 Å². The highest BCUT2D eigenvalue weighted by Gasteiger charge is 2.29. The van der Waals surface area contributed by atoms with Gasteiger partial charge >= 0.3 is 0 Å². The maximum Gasteiger partial charge on any atom is 0.263 e. The number of piperidine rings is 1. The van der Waals surface area contributed by atoms with E-state index in [4.69, 9.17) is 0 Å². The maximum atomic E-state index is 12.0. The topological polar surface area (TPSA) is 99.7 Å². The van der Waals surface area contributed by atoms with E-state index in [1.807, 2.05) is 0 Å².